The molecule has 0 amide bonds. The normalized spacial score (nSPS) is 25.8. The topological polar surface area (TPSA) is 25.8 Å². The Bertz CT molecular complexity index is 794. The first-order valence-electron chi connectivity index (χ1n) is 14.2. The smallest absolute Gasteiger partial charge is 0.159 e. The zero-order chi connectivity index (χ0) is 22.9. The monoisotopic (exact) mass is 446 g/mol. The van der Waals surface area contributed by atoms with Crippen molar-refractivity contribution in [3.8, 4) is 11.4 Å². The van der Waals surface area contributed by atoms with Crippen molar-refractivity contribution in [3.63, 3.8) is 0 Å². The zero-order valence-corrected chi connectivity index (χ0v) is 21.3. The summed E-state index contributed by atoms with van der Waals surface area (Å²) in [7, 11) is 0. The summed E-state index contributed by atoms with van der Waals surface area (Å²) in [6.45, 7) is 4.63. The lowest BCUT2D eigenvalue weighted by molar-refractivity contribution is 0.250. The molecule has 4 rings (SSSR count). The predicted molar refractivity (Wildman–Crippen MR) is 140 cm³/mol. The molecule has 0 spiro atoms. The molecule has 0 bridgehead atoms. The quantitative estimate of drug-likeness (QED) is 0.363. The van der Waals surface area contributed by atoms with Gasteiger partial charge in [0.15, 0.2) is 5.82 Å². The Hall–Kier alpha value is -1.70. The summed E-state index contributed by atoms with van der Waals surface area (Å²) in [5.41, 5.74) is 3.96. The molecule has 2 fully saturated rings. The van der Waals surface area contributed by atoms with Crippen molar-refractivity contribution in [3.05, 3.63) is 47.8 Å². The van der Waals surface area contributed by atoms with Gasteiger partial charge in [0.2, 0.25) is 0 Å². The summed E-state index contributed by atoms with van der Waals surface area (Å²) < 4.78 is 0. The molecule has 0 N–H and O–H groups in total. The third-order valence-corrected chi connectivity index (χ3v) is 8.66. The van der Waals surface area contributed by atoms with E-state index in [1.165, 1.54) is 101 Å². The molecule has 2 aliphatic rings. The van der Waals surface area contributed by atoms with Crippen molar-refractivity contribution in [1.29, 1.82) is 0 Å². The molecular formula is C31H46N2. The minimum Gasteiger partial charge on any atom is -0.236 e. The van der Waals surface area contributed by atoms with Crippen LogP contribution in [0.2, 0.25) is 0 Å². The molecule has 180 valence electrons. The Morgan fingerprint density at radius 3 is 1.85 bits per heavy atom. The van der Waals surface area contributed by atoms with Crippen LogP contribution in [0.25, 0.3) is 11.4 Å². The summed E-state index contributed by atoms with van der Waals surface area (Å²) in [6.07, 6.45) is 24.8. The van der Waals surface area contributed by atoms with Crippen molar-refractivity contribution in [2.75, 3.05) is 0 Å². The van der Waals surface area contributed by atoms with Crippen LogP contribution in [0, 0.1) is 17.8 Å². The van der Waals surface area contributed by atoms with Crippen molar-refractivity contribution >= 4 is 0 Å². The summed E-state index contributed by atoms with van der Waals surface area (Å²) in [5.74, 6) is 4.50. The number of nitrogens with zero attached hydrogens (tertiary/aromatic N) is 2. The van der Waals surface area contributed by atoms with E-state index in [0.29, 0.717) is 0 Å². The second-order valence-electron chi connectivity index (χ2n) is 11.1. The van der Waals surface area contributed by atoms with Gasteiger partial charge in [0.05, 0.1) is 0 Å². The minimum absolute atomic E-state index is 0.747. The SMILES string of the molecule is CCCC[C@H]1CC[C@H](CCc2cnc(-c3ccc([C@H]4CC[C@H](CCC)CC4)cc3)nc2)CC1. The molecule has 0 aliphatic heterocycles. The fourth-order valence-corrected chi connectivity index (χ4v) is 6.40. The van der Waals surface area contributed by atoms with Crippen molar-refractivity contribution in [2.24, 2.45) is 17.8 Å². The molecule has 0 unspecified atom stereocenters. The van der Waals surface area contributed by atoms with Gasteiger partial charge >= 0.3 is 0 Å². The first kappa shape index (κ1) is 24.4. The van der Waals surface area contributed by atoms with Gasteiger partial charge in [0.25, 0.3) is 0 Å². The summed E-state index contributed by atoms with van der Waals surface area (Å²) in [5, 5.41) is 0. The Morgan fingerprint density at radius 1 is 0.667 bits per heavy atom. The fraction of sp³-hybridized carbons (Fsp3) is 0.677. The van der Waals surface area contributed by atoms with Gasteiger partial charge in [0, 0.05) is 18.0 Å². The molecule has 2 saturated carbocycles. The summed E-state index contributed by atoms with van der Waals surface area (Å²) in [4.78, 5) is 9.44. The van der Waals surface area contributed by atoms with Crippen LogP contribution in [-0.4, -0.2) is 9.97 Å². The highest BCUT2D eigenvalue weighted by Gasteiger charge is 2.22. The van der Waals surface area contributed by atoms with Crippen molar-refractivity contribution in [1.82, 2.24) is 9.97 Å². The number of unbranched alkanes of at least 4 members (excludes halogenated alkanes) is 1. The van der Waals surface area contributed by atoms with Gasteiger partial charge < -0.3 is 0 Å². The van der Waals surface area contributed by atoms with E-state index >= 15 is 0 Å². The fourth-order valence-electron chi connectivity index (χ4n) is 6.40. The maximum Gasteiger partial charge on any atom is 0.159 e. The number of benzene rings is 1. The van der Waals surface area contributed by atoms with Crippen LogP contribution in [0.4, 0.5) is 0 Å². The summed E-state index contributed by atoms with van der Waals surface area (Å²) in [6, 6.07) is 9.13. The zero-order valence-electron chi connectivity index (χ0n) is 21.3. The lowest BCUT2D eigenvalue weighted by Crippen LogP contribution is -2.15. The summed E-state index contributed by atoms with van der Waals surface area (Å²) >= 11 is 0. The maximum absolute atomic E-state index is 4.72. The van der Waals surface area contributed by atoms with Crippen LogP contribution < -0.4 is 0 Å². The molecular weight excluding hydrogens is 400 g/mol. The van der Waals surface area contributed by atoms with E-state index in [2.05, 4.69) is 50.5 Å². The van der Waals surface area contributed by atoms with Gasteiger partial charge in [-0.1, -0.05) is 95.9 Å². The molecule has 2 nitrogen and oxygen atoms in total. The average Bonchev–Trinajstić information content (AvgIpc) is 2.88. The lowest BCUT2D eigenvalue weighted by Gasteiger charge is -2.28. The van der Waals surface area contributed by atoms with E-state index in [1.54, 1.807) is 0 Å². The third kappa shape index (κ3) is 7.14. The first-order chi connectivity index (χ1) is 16.2. The van der Waals surface area contributed by atoms with Crippen LogP contribution in [0.1, 0.15) is 121 Å². The van der Waals surface area contributed by atoms with Crippen molar-refractivity contribution in [2.45, 2.75) is 116 Å². The molecule has 0 radical (unpaired) electrons. The minimum atomic E-state index is 0.747. The van der Waals surface area contributed by atoms with Crippen LogP contribution in [0.15, 0.2) is 36.7 Å². The van der Waals surface area contributed by atoms with E-state index in [1.807, 2.05) is 0 Å². The highest BCUT2D eigenvalue weighted by molar-refractivity contribution is 5.55. The number of rotatable bonds is 10. The lowest BCUT2D eigenvalue weighted by atomic mass is 9.77. The maximum atomic E-state index is 4.72. The van der Waals surface area contributed by atoms with Crippen LogP contribution in [-0.2, 0) is 6.42 Å². The molecule has 1 aromatic heterocycles. The second-order valence-corrected chi connectivity index (χ2v) is 11.1. The van der Waals surface area contributed by atoms with E-state index in [0.717, 1.165) is 41.5 Å². The third-order valence-electron chi connectivity index (χ3n) is 8.66. The molecule has 0 saturated heterocycles. The Morgan fingerprint density at radius 2 is 1.24 bits per heavy atom. The second kappa shape index (κ2) is 12.7. The van der Waals surface area contributed by atoms with Gasteiger partial charge in [-0.05, 0) is 73.3 Å². The van der Waals surface area contributed by atoms with Gasteiger partial charge in [-0.2, -0.15) is 0 Å². The van der Waals surface area contributed by atoms with Gasteiger partial charge in [-0.3, -0.25) is 0 Å². The predicted octanol–water partition coefficient (Wildman–Crippen LogP) is 9.15. The van der Waals surface area contributed by atoms with E-state index in [9.17, 15) is 0 Å². The molecule has 2 aromatic rings. The van der Waals surface area contributed by atoms with Crippen LogP contribution in [0.3, 0.4) is 0 Å². The molecule has 2 aliphatic carbocycles. The number of hydrogen-bond donors (Lipinski definition) is 0. The van der Waals surface area contributed by atoms with Gasteiger partial charge in [-0.25, -0.2) is 9.97 Å². The van der Waals surface area contributed by atoms with Gasteiger partial charge in [0.1, 0.15) is 0 Å². The molecule has 0 atom stereocenters. The largest absolute Gasteiger partial charge is 0.236 e. The van der Waals surface area contributed by atoms with Crippen molar-refractivity contribution < 1.29 is 0 Å². The molecule has 1 heterocycles. The van der Waals surface area contributed by atoms with E-state index < -0.39 is 0 Å². The van der Waals surface area contributed by atoms with E-state index in [-0.39, 0.29) is 0 Å². The van der Waals surface area contributed by atoms with E-state index in [4.69, 9.17) is 9.97 Å². The first-order valence-corrected chi connectivity index (χ1v) is 14.2. The highest BCUT2D eigenvalue weighted by Crippen LogP contribution is 2.38. The van der Waals surface area contributed by atoms with Crippen LogP contribution in [0.5, 0.6) is 0 Å². The molecule has 1 aromatic carbocycles. The standard InChI is InChI=1S/C31H46N2/c1-3-5-7-25-8-10-26(11-9-25)12-13-27-22-32-31(33-23-27)30-20-18-29(19-21-30)28-16-14-24(6-4-2)15-17-28/h18-26,28H,3-17H2,1-2H3/t24-,25-,26-,28-. The van der Waals surface area contributed by atoms with Crippen LogP contribution >= 0.6 is 0 Å². The molecule has 33 heavy (non-hydrogen) atoms. The number of hydrogen-bond acceptors (Lipinski definition) is 2. The Kier molecular flexibility index (Phi) is 9.38. The number of aryl methyl sites for hydroxylation is 1. The average molecular weight is 447 g/mol. The van der Waals surface area contributed by atoms with Gasteiger partial charge in [-0.15, -0.1) is 0 Å². The Labute approximate surface area is 203 Å². The highest BCUT2D eigenvalue weighted by atomic mass is 14.9. The number of aromatic nitrogens is 2. The Balaban J connectivity index is 1.23. The molecule has 2 heteroatoms.